The molecule has 2 unspecified atom stereocenters. The molecule has 3 rings (SSSR count). The van der Waals surface area contributed by atoms with Gasteiger partial charge in [-0.3, -0.25) is 4.79 Å². The van der Waals surface area contributed by atoms with Crippen LogP contribution in [0.2, 0.25) is 0 Å². The van der Waals surface area contributed by atoms with E-state index in [4.69, 9.17) is 5.14 Å². The van der Waals surface area contributed by atoms with Gasteiger partial charge in [-0.05, 0) is 43.6 Å². The summed E-state index contributed by atoms with van der Waals surface area (Å²) < 4.78 is 78.1. The molecule has 30 heavy (non-hydrogen) atoms. The summed E-state index contributed by atoms with van der Waals surface area (Å²) in [5.74, 6) is -7.61. The van der Waals surface area contributed by atoms with Crippen LogP contribution in [0.5, 0.6) is 0 Å². The van der Waals surface area contributed by atoms with E-state index in [1.807, 2.05) is 0 Å². The molecular weight excluding hydrogens is 426 g/mol. The van der Waals surface area contributed by atoms with Crippen molar-refractivity contribution in [3.63, 3.8) is 0 Å². The maximum Gasteiger partial charge on any atom is 0.255 e. The number of primary sulfonamides is 1. The second-order valence-electron chi connectivity index (χ2n) is 8.31. The van der Waals surface area contributed by atoms with Gasteiger partial charge in [0.15, 0.2) is 5.03 Å². The summed E-state index contributed by atoms with van der Waals surface area (Å²) in [5, 5.41) is 7.18. The monoisotopic (exact) mass is 451 g/mol. The van der Waals surface area contributed by atoms with Gasteiger partial charge >= 0.3 is 0 Å². The molecule has 2 aliphatic carbocycles. The Bertz CT molecular complexity index is 885. The van der Waals surface area contributed by atoms with Crippen molar-refractivity contribution in [2.24, 2.45) is 22.9 Å². The van der Waals surface area contributed by atoms with E-state index in [-0.39, 0.29) is 56.6 Å². The van der Waals surface area contributed by atoms with Crippen LogP contribution in [-0.2, 0) is 14.8 Å². The van der Waals surface area contributed by atoms with Gasteiger partial charge in [-0.1, -0.05) is 0 Å². The van der Waals surface area contributed by atoms with Crippen molar-refractivity contribution >= 4 is 21.6 Å². The molecule has 168 valence electrons. The summed E-state index contributed by atoms with van der Waals surface area (Å²) in [4.78, 5) is 16.6. The number of aromatic nitrogens is 1. The van der Waals surface area contributed by atoms with Gasteiger partial charge in [-0.15, -0.1) is 0 Å². The first-order valence-corrected chi connectivity index (χ1v) is 11.5. The lowest BCUT2D eigenvalue weighted by molar-refractivity contribution is -0.123. The van der Waals surface area contributed by atoms with Crippen molar-refractivity contribution < 1.29 is 30.8 Å². The van der Waals surface area contributed by atoms with Crippen LogP contribution in [0.4, 0.5) is 23.2 Å². The molecule has 2 aliphatic rings. The first-order valence-electron chi connectivity index (χ1n) is 9.92. The number of rotatable bonds is 4. The number of sulfonamides is 1. The molecule has 0 radical (unpaired) electrons. The zero-order valence-corrected chi connectivity index (χ0v) is 17.1. The number of nitrogens with two attached hydrogens (primary N) is 1. The Balaban J connectivity index is 1.80. The molecule has 11 heteroatoms. The number of anilines is 1. The predicted molar refractivity (Wildman–Crippen MR) is 102 cm³/mol. The van der Waals surface area contributed by atoms with E-state index in [9.17, 15) is 30.8 Å². The highest BCUT2D eigenvalue weighted by Crippen LogP contribution is 2.47. The van der Waals surface area contributed by atoms with Crippen molar-refractivity contribution in [3.8, 4) is 0 Å². The minimum atomic E-state index is -4.08. The maximum atomic E-state index is 14.0. The molecule has 0 saturated heterocycles. The van der Waals surface area contributed by atoms with Gasteiger partial charge in [0, 0.05) is 49.6 Å². The summed E-state index contributed by atoms with van der Waals surface area (Å²) in [5.41, 5.74) is 0.129. The average molecular weight is 451 g/mol. The number of halogens is 4. The lowest BCUT2D eigenvalue weighted by atomic mass is 9.71. The van der Waals surface area contributed by atoms with Crippen LogP contribution >= 0.6 is 0 Å². The molecule has 1 heterocycles. The molecule has 0 aliphatic heterocycles. The SMILES string of the molecule is NS(=O)(=O)c1cc(NC(=O)C2CCC(F)(F)CCC2C2CCC(F)(F)CC2)ccn1. The Morgan fingerprint density at radius 1 is 1.03 bits per heavy atom. The lowest BCUT2D eigenvalue weighted by Gasteiger charge is -2.36. The first kappa shape index (κ1) is 22.9. The third kappa shape index (κ3) is 5.69. The van der Waals surface area contributed by atoms with Crippen LogP contribution in [0.15, 0.2) is 23.4 Å². The van der Waals surface area contributed by atoms with Gasteiger partial charge in [0.05, 0.1) is 0 Å². The lowest BCUT2D eigenvalue weighted by Crippen LogP contribution is -2.36. The van der Waals surface area contributed by atoms with Crippen LogP contribution in [0.3, 0.4) is 0 Å². The van der Waals surface area contributed by atoms with E-state index in [1.54, 1.807) is 0 Å². The molecule has 1 amide bonds. The van der Waals surface area contributed by atoms with Gasteiger partial charge in [0.1, 0.15) is 0 Å². The Kier molecular flexibility index (Phi) is 6.43. The molecule has 3 N–H and O–H groups in total. The fourth-order valence-electron chi connectivity index (χ4n) is 4.54. The van der Waals surface area contributed by atoms with Gasteiger partial charge in [0.25, 0.3) is 10.0 Å². The normalized spacial score (nSPS) is 27.2. The van der Waals surface area contributed by atoms with Crippen LogP contribution < -0.4 is 10.5 Å². The molecule has 0 spiro atoms. The summed E-state index contributed by atoms with van der Waals surface area (Å²) >= 11 is 0. The molecule has 1 aromatic rings. The summed E-state index contributed by atoms with van der Waals surface area (Å²) in [7, 11) is -4.08. The number of alkyl halides is 4. The second kappa shape index (κ2) is 8.41. The predicted octanol–water partition coefficient (Wildman–Crippen LogP) is 3.93. The number of nitrogens with zero attached hydrogens (tertiary/aromatic N) is 1. The fraction of sp³-hybridized carbons (Fsp3) is 0.684. The molecule has 1 aromatic heterocycles. The molecule has 2 atom stereocenters. The van der Waals surface area contributed by atoms with Crippen molar-refractivity contribution in [1.29, 1.82) is 0 Å². The van der Waals surface area contributed by atoms with Crippen molar-refractivity contribution in [2.75, 3.05) is 5.32 Å². The van der Waals surface area contributed by atoms with E-state index in [2.05, 4.69) is 10.3 Å². The minimum absolute atomic E-state index is 0.0660. The summed E-state index contributed by atoms with van der Waals surface area (Å²) in [6.07, 6.45) is 0.126. The summed E-state index contributed by atoms with van der Waals surface area (Å²) in [6, 6.07) is 2.46. The topological polar surface area (TPSA) is 102 Å². The molecule has 6 nitrogen and oxygen atoms in total. The molecular formula is C19H25F4N3O3S. The highest BCUT2D eigenvalue weighted by molar-refractivity contribution is 7.89. The summed E-state index contributed by atoms with van der Waals surface area (Å²) in [6.45, 7) is 0. The number of carbonyl (C=O) groups is 1. The van der Waals surface area contributed by atoms with E-state index in [0.29, 0.717) is 0 Å². The van der Waals surface area contributed by atoms with Gasteiger partial charge < -0.3 is 5.32 Å². The Labute approximate surface area is 172 Å². The zero-order valence-electron chi connectivity index (χ0n) is 16.3. The van der Waals surface area contributed by atoms with Gasteiger partial charge in [0.2, 0.25) is 17.8 Å². The zero-order chi connectivity index (χ0) is 22.2. The second-order valence-corrected chi connectivity index (χ2v) is 9.82. The smallest absolute Gasteiger partial charge is 0.255 e. The maximum absolute atomic E-state index is 14.0. The first-order chi connectivity index (χ1) is 13.9. The number of pyridine rings is 1. The van der Waals surface area contributed by atoms with Crippen molar-refractivity contribution in [2.45, 2.75) is 68.2 Å². The number of carbonyl (C=O) groups excluding carboxylic acids is 1. The molecule has 0 bridgehead atoms. The van der Waals surface area contributed by atoms with Crippen LogP contribution in [0.1, 0.15) is 51.4 Å². The minimum Gasteiger partial charge on any atom is -0.326 e. The third-order valence-electron chi connectivity index (χ3n) is 6.18. The fourth-order valence-corrected chi connectivity index (χ4v) is 5.04. The number of amides is 1. The molecule has 0 aromatic carbocycles. The van der Waals surface area contributed by atoms with Crippen molar-refractivity contribution in [3.05, 3.63) is 18.3 Å². The third-order valence-corrected chi connectivity index (χ3v) is 6.99. The number of hydrogen-bond donors (Lipinski definition) is 2. The Morgan fingerprint density at radius 2 is 1.60 bits per heavy atom. The van der Waals surface area contributed by atoms with E-state index in [0.717, 1.165) is 12.3 Å². The standard InChI is InChI=1S/C19H25F4N3O3S/c20-18(21)6-1-12(2-7-18)14-3-8-19(22,23)9-4-15(14)17(27)26-13-5-10-25-16(11-13)30(24,28)29/h5,10-12,14-15H,1-4,6-9H2,(H2,24,28,29)(H,25,26,27). The van der Waals surface area contributed by atoms with Crippen molar-refractivity contribution in [1.82, 2.24) is 4.98 Å². The Hall–Kier alpha value is -1.75. The molecule has 2 saturated carbocycles. The number of hydrogen-bond acceptors (Lipinski definition) is 4. The average Bonchev–Trinajstić information content (AvgIpc) is 2.80. The quantitative estimate of drug-likeness (QED) is 0.535. The van der Waals surface area contributed by atoms with Crippen LogP contribution in [0, 0.1) is 17.8 Å². The van der Waals surface area contributed by atoms with Crippen LogP contribution in [0.25, 0.3) is 0 Å². The largest absolute Gasteiger partial charge is 0.326 e. The highest BCUT2D eigenvalue weighted by atomic mass is 32.2. The van der Waals surface area contributed by atoms with E-state index >= 15 is 0 Å². The van der Waals surface area contributed by atoms with Gasteiger partial charge in [-0.25, -0.2) is 36.1 Å². The van der Waals surface area contributed by atoms with E-state index < -0.39 is 51.1 Å². The van der Waals surface area contributed by atoms with Gasteiger partial charge in [-0.2, -0.15) is 0 Å². The van der Waals surface area contributed by atoms with E-state index in [1.165, 1.54) is 6.07 Å². The highest BCUT2D eigenvalue weighted by Gasteiger charge is 2.45. The Morgan fingerprint density at radius 3 is 2.20 bits per heavy atom. The molecule has 2 fully saturated rings. The van der Waals surface area contributed by atoms with Crippen LogP contribution in [-0.4, -0.2) is 31.2 Å². The number of nitrogens with one attached hydrogen (secondary N) is 1.